The van der Waals surface area contributed by atoms with E-state index in [0.717, 1.165) is 24.5 Å². The molecule has 5 nitrogen and oxygen atoms in total. The van der Waals surface area contributed by atoms with E-state index in [4.69, 9.17) is 5.73 Å². The number of nitrogens with zero attached hydrogens (tertiary/aromatic N) is 2. The molecule has 1 saturated carbocycles. The van der Waals surface area contributed by atoms with Gasteiger partial charge in [-0.1, -0.05) is 24.2 Å². The number of likely N-dealkylation sites (tertiary alicyclic amines) is 1. The number of nitrogen functional groups attached to an aromatic ring is 1. The highest BCUT2D eigenvalue weighted by molar-refractivity contribution is 7.18. The Morgan fingerprint density at radius 3 is 2.90 bits per heavy atom. The largest absolute Gasteiger partial charge is 0.382 e. The quantitative estimate of drug-likeness (QED) is 0.899. The number of nitrogens with one attached hydrogen (secondary N) is 1. The van der Waals surface area contributed by atoms with Gasteiger partial charge in [-0.05, 0) is 32.6 Å². The molecule has 0 radical (unpaired) electrons. The van der Waals surface area contributed by atoms with Crippen LogP contribution in [0.4, 0.5) is 10.9 Å². The Kier molecular flexibility index (Phi) is 3.83. The predicted molar refractivity (Wildman–Crippen MR) is 82.1 cm³/mol. The van der Waals surface area contributed by atoms with Crippen molar-refractivity contribution in [1.29, 1.82) is 0 Å². The summed E-state index contributed by atoms with van der Waals surface area (Å²) >= 11 is 1.40. The molecule has 6 heteroatoms. The van der Waals surface area contributed by atoms with Gasteiger partial charge in [-0.15, -0.1) is 0 Å². The lowest BCUT2D eigenvalue weighted by molar-refractivity contribution is 0.0703. The highest BCUT2D eigenvalue weighted by Gasteiger charge is 2.28. The zero-order valence-electron chi connectivity index (χ0n) is 11.9. The maximum Gasteiger partial charge on any atom is 0.268 e. The van der Waals surface area contributed by atoms with E-state index < -0.39 is 0 Å². The van der Waals surface area contributed by atoms with Gasteiger partial charge < -0.3 is 16.0 Å². The van der Waals surface area contributed by atoms with E-state index in [-0.39, 0.29) is 5.91 Å². The minimum atomic E-state index is 0.0539. The molecule has 1 unspecified atom stereocenters. The molecule has 110 valence electrons. The van der Waals surface area contributed by atoms with Crippen LogP contribution in [0.2, 0.25) is 0 Å². The maximum atomic E-state index is 12.7. The summed E-state index contributed by atoms with van der Waals surface area (Å²) in [5.41, 5.74) is 5.94. The van der Waals surface area contributed by atoms with Gasteiger partial charge in [0.05, 0.1) is 0 Å². The van der Waals surface area contributed by atoms with Crippen molar-refractivity contribution in [2.75, 3.05) is 17.6 Å². The molecule has 0 spiro atoms. The highest BCUT2D eigenvalue weighted by atomic mass is 32.1. The monoisotopic (exact) mass is 294 g/mol. The number of hydrogen-bond donors (Lipinski definition) is 2. The van der Waals surface area contributed by atoms with Gasteiger partial charge in [0.2, 0.25) is 0 Å². The molecule has 2 heterocycles. The topological polar surface area (TPSA) is 71.2 Å². The number of rotatable bonds is 3. The third-order valence-electron chi connectivity index (χ3n) is 4.07. The van der Waals surface area contributed by atoms with Crippen molar-refractivity contribution in [2.24, 2.45) is 0 Å². The van der Waals surface area contributed by atoms with Crippen LogP contribution >= 0.6 is 11.3 Å². The fourth-order valence-corrected chi connectivity index (χ4v) is 3.57. The lowest BCUT2D eigenvalue weighted by atomic mass is 10.1. The van der Waals surface area contributed by atoms with Crippen molar-refractivity contribution in [3.63, 3.8) is 0 Å². The number of amides is 1. The summed E-state index contributed by atoms with van der Waals surface area (Å²) < 4.78 is 0. The van der Waals surface area contributed by atoms with Crippen LogP contribution in [0.15, 0.2) is 0 Å². The van der Waals surface area contributed by atoms with Crippen molar-refractivity contribution < 1.29 is 4.79 Å². The minimum absolute atomic E-state index is 0.0539. The van der Waals surface area contributed by atoms with Gasteiger partial charge in [0.25, 0.3) is 5.91 Å². The summed E-state index contributed by atoms with van der Waals surface area (Å²) in [6, 6.07) is 0.826. The molecule has 1 saturated heterocycles. The Balaban J connectivity index is 1.76. The number of carbonyl (C=O) groups is 1. The van der Waals surface area contributed by atoms with Gasteiger partial charge in [0.1, 0.15) is 10.7 Å². The zero-order valence-corrected chi connectivity index (χ0v) is 12.7. The molecule has 1 atom stereocenters. The van der Waals surface area contributed by atoms with E-state index in [1.807, 2.05) is 4.90 Å². The minimum Gasteiger partial charge on any atom is -0.382 e. The van der Waals surface area contributed by atoms with Crippen molar-refractivity contribution in [1.82, 2.24) is 9.88 Å². The predicted octanol–water partition coefficient (Wildman–Crippen LogP) is 2.70. The first-order chi connectivity index (χ1) is 9.65. The molecular formula is C14H22N4OS. The van der Waals surface area contributed by atoms with Crippen molar-refractivity contribution in [3.8, 4) is 0 Å². The number of hydrogen-bond acceptors (Lipinski definition) is 5. The van der Waals surface area contributed by atoms with E-state index >= 15 is 0 Å². The Morgan fingerprint density at radius 1 is 1.35 bits per heavy atom. The lowest BCUT2D eigenvalue weighted by Crippen LogP contribution is -2.38. The van der Waals surface area contributed by atoms with Gasteiger partial charge in [0.15, 0.2) is 5.13 Å². The third-order valence-corrected chi connectivity index (χ3v) is 5.06. The second kappa shape index (κ2) is 5.60. The van der Waals surface area contributed by atoms with E-state index in [1.54, 1.807) is 0 Å². The molecule has 3 rings (SSSR count). The molecule has 0 bridgehead atoms. The van der Waals surface area contributed by atoms with E-state index in [1.165, 1.54) is 37.0 Å². The summed E-state index contributed by atoms with van der Waals surface area (Å²) in [5.74, 6) is 0.429. The van der Waals surface area contributed by atoms with Gasteiger partial charge in [0, 0.05) is 18.6 Å². The molecule has 3 N–H and O–H groups in total. The first-order valence-corrected chi connectivity index (χ1v) is 8.30. The summed E-state index contributed by atoms with van der Waals surface area (Å²) in [7, 11) is 0. The average Bonchev–Trinajstić information content (AvgIpc) is 3.17. The Hall–Kier alpha value is -1.30. The summed E-state index contributed by atoms with van der Waals surface area (Å²) in [6.07, 6.45) is 6.95. The number of aromatic nitrogens is 1. The van der Waals surface area contributed by atoms with Gasteiger partial charge in [-0.2, -0.15) is 0 Å². The number of thiazole rings is 1. The molecule has 2 aliphatic rings. The van der Waals surface area contributed by atoms with E-state index in [0.29, 0.717) is 22.8 Å². The van der Waals surface area contributed by atoms with E-state index in [2.05, 4.69) is 17.2 Å². The van der Waals surface area contributed by atoms with Crippen LogP contribution in [0.25, 0.3) is 0 Å². The zero-order chi connectivity index (χ0) is 14.1. The van der Waals surface area contributed by atoms with Crippen molar-refractivity contribution >= 4 is 28.2 Å². The fraction of sp³-hybridized carbons (Fsp3) is 0.714. The second-order valence-corrected chi connectivity index (χ2v) is 6.85. The first-order valence-electron chi connectivity index (χ1n) is 7.49. The lowest BCUT2D eigenvalue weighted by Gasteiger charge is -2.26. The first kappa shape index (κ1) is 13.7. The standard InChI is InChI=1S/C14H22N4OS/c1-9-5-3-2-4-8-18(9)13(19)11-12(15)17-14(20-11)16-10-6-7-10/h9-10H,2-8,15H2,1H3,(H,16,17). The van der Waals surface area contributed by atoms with Crippen LogP contribution in [-0.4, -0.2) is 34.4 Å². The van der Waals surface area contributed by atoms with E-state index in [9.17, 15) is 4.79 Å². The number of carbonyl (C=O) groups excluding carboxylic acids is 1. The molecule has 1 aromatic rings. The molecule has 0 aromatic carbocycles. The Labute approximate surface area is 123 Å². The Morgan fingerprint density at radius 2 is 2.15 bits per heavy atom. The van der Waals surface area contributed by atoms with Crippen LogP contribution in [0.1, 0.15) is 55.1 Å². The van der Waals surface area contributed by atoms with Gasteiger partial charge >= 0.3 is 0 Å². The molecule has 1 aliphatic carbocycles. The van der Waals surface area contributed by atoms with Crippen molar-refractivity contribution in [2.45, 2.75) is 57.5 Å². The van der Waals surface area contributed by atoms with Crippen LogP contribution in [0, 0.1) is 0 Å². The molecule has 1 amide bonds. The molecule has 20 heavy (non-hydrogen) atoms. The van der Waals surface area contributed by atoms with Crippen LogP contribution in [0.3, 0.4) is 0 Å². The Bertz CT molecular complexity index is 497. The van der Waals surface area contributed by atoms with Crippen LogP contribution in [0.5, 0.6) is 0 Å². The van der Waals surface area contributed by atoms with Crippen LogP contribution in [-0.2, 0) is 0 Å². The molecule has 1 aromatic heterocycles. The number of nitrogens with two attached hydrogens (primary N) is 1. The highest BCUT2D eigenvalue weighted by Crippen LogP contribution is 2.32. The summed E-state index contributed by atoms with van der Waals surface area (Å²) in [6.45, 7) is 2.96. The van der Waals surface area contributed by atoms with Gasteiger partial charge in [-0.3, -0.25) is 4.79 Å². The van der Waals surface area contributed by atoms with Gasteiger partial charge in [-0.25, -0.2) is 4.98 Å². The third kappa shape index (κ3) is 2.90. The fourth-order valence-electron chi connectivity index (χ4n) is 2.66. The molecule has 2 fully saturated rings. The van der Waals surface area contributed by atoms with Crippen LogP contribution < -0.4 is 11.1 Å². The maximum absolute atomic E-state index is 12.7. The smallest absolute Gasteiger partial charge is 0.268 e. The average molecular weight is 294 g/mol. The van der Waals surface area contributed by atoms with Crippen molar-refractivity contribution in [3.05, 3.63) is 4.88 Å². The SMILES string of the molecule is CC1CCCCCN1C(=O)c1sc(NC2CC2)nc1N. The number of anilines is 2. The molecule has 1 aliphatic heterocycles. The summed E-state index contributed by atoms with van der Waals surface area (Å²) in [5, 5.41) is 4.10. The normalized spacial score (nSPS) is 23.4. The molecular weight excluding hydrogens is 272 g/mol. The second-order valence-electron chi connectivity index (χ2n) is 5.85. The summed E-state index contributed by atoms with van der Waals surface area (Å²) in [4.78, 5) is 19.5.